The zero-order valence-corrected chi connectivity index (χ0v) is 17.2. The van der Waals surface area contributed by atoms with Crippen LogP contribution in [0.3, 0.4) is 0 Å². The van der Waals surface area contributed by atoms with Crippen LogP contribution in [0.4, 0.5) is 0 Å². The Kier molecular flexibility index (Phi) is 4.07. The summed E-state index contributed by atoms with van der Waals surface area (Å²) in [7, 11) is 0. The highest BCUT2D eigenvalue weighted by molar-refractivity contribution is 5.97. The molecule has 1 aromatic rings. The summed E-state index contributed by atoms with van der Waals surface area (Å²) in [6.07, 6.45) is 9.06. The summed E-state index contributed by atoms with van der Waals surface area (Å²) >= 11 is 0. The van der Waals surface area contributed by atoms with Crippen LogP contribution in [0.15, 0.2) is 42.5 Å². The third-order valence-electron chi connectivity index (χ3n) is 8.03. The summed E-state index contributed by atoms with van der Waals surface area (Å²) in [5, 5.41) is 11.5. The Balaban J connectivity index is 1.52. The van der Waals surface area contributed by atoms with Gasteiger partial charge in [-0.3, -0.25) is 9.59 Å². The SMILES string of the molecule is CC(=O)C=C[C@@H](C)c1ccc2c(c1)CC[C@@H]1[C@H]2[C@@H]2O[C@@H]2[C@@]2(O)CC=CC(=O)[C@]12C. The Hall–Kier alpha value is -2.04. The maximum atomic E-state index is 13.0. The smallest absolute Gasteiger partial charge is 0.164 e. The zero-order chi connectivity index (χ0) is 20.6. The van der Waals surface area contributed by atoms with Gasteiger partial charge in [0.25, 0.3) is 0 Å². The number of aliphatic hydroxyl groups is 1. The van der Waals surface area contributed by atoms with Crippen molar-refractivity contribution in [2.45, 2.75) is 69.7 Å². The van der Waals surface area contributed by atoms with E-state index >= 15 is 0 Å². The van der Waals surface area contributed by atoms with Crippen molar-refractivity contribution in [1.82, 2.24) is 0 Å². The van der Waals surface area contributed by atoms with E-state index in [1.54, 1.807) is 19.1 Å². The van der Waals surface area contributed by atoms with Crippen LogP contribution in [0.1, 0.15) is 62.1 Å². The summed E-state index contributed by atoms with van der Waals surface area (Å²) in [5.74, 6) is 0.511. The van der Waals surface area contributed by atoms with Gasteiger partial charge in [-0.25, -0.2) is 0 Å². The minimum Gasteiger partial charge on any atom is -0.386 e. The van der Waals surface area contributed by atoms with Gasteiger partial charge in [-0.1, -0.05) is 37.3 Å². The van der Waals surface area contributed by atoms with Crippen LogP contribution in [0.25, 0.3) is 0 Å². The second-order valence-electron chi connectivity index (χ2n) is 9.51. The Labute approximate surface area is 171 Å². The van der Waals surface area contributed by atoms with Crippen molar-refractivity contribution in [2.24, 2.45) is 11.3 Å². The van der Waals surface area contributed by atoms with E-state index in [1.807, 2.05) is 19.1 Å². The van der Waals surface area contributed by atoms with Crippen LogP contribution in [0, 0.1) is 11.3 Å². The molecule has 1 aliphatic heterocycles. The molecule has 7 atom stereocenters. The van der Waals surface area contributed by atoms with Gasteiger partial charge in [-0.15, -0.1) is 0 Å². The number of benzene rings is 1. The number of fused-ring (bicyclic) bond motifs is 8. The minimum atomic E-state index is -1.09. The van der Waals surface area contributed by atoms with E-state index in [0.717, 1.165) is 12.8 Å². The summed E-state index contributed by atoms with van der Waals surface area (Å²) in [4.78, 5) is 24.3. The highest BCUT2D eigenvalue weighted by Gasteiger charge is 2.74. The zero-order valence-electron chi connectivity index (χ0n) is 17.2. The molecule has 1 N–H and O–H groups in total. The monoisotopic (exact) mass is 392 g/mol. The van der Waals surface area contributed by atoms with Crippen LogP contribution in [-0.4, -0.2) is 34.5 Å². The molecule has 3 aliphatic carbocycles. The molecule has 152 valence electrons. The van der Waals surface area contributed by atoms with Crippen molar-refractivity contribution in [3.05, 3.63) is 59.2 Å². The number of aryl methyl sites for hydroxylation is 1. The molecule has 0 bridgehead atoms. The lowest BCUT2D eigenvalue weighted by molar-refractivity contribution is -0.164. The van der Waals surface area contributed by atoms with E-state index < -0.39 is 11.0 Å². The van der Waals surface area contributed by atoms with Gasteiger partial charge in [0.2, 0.25) is 0 Å². The summed E-state index contributed by atoms with van der Waals surface area (Å²) in [6, 6.07) is 6.58. The van der Waals surface area contributed by atoms with Crippen LogP contribution >= 0.6 is 0 Å². The van der Waals surface area contributed by atoms with Crippen LogP contribution in [-0.2, 0) is 20.7 Å². The van der Waals surface area contributed by atoms with E-state index in [1.165, 1.54) is 16.7 Å². The lowest BCUT2D eigenvalue weighted by Crippen LogP contribution is -2.65. The van der Waals surface area contributed by atoms with Crippen molar-refractivity contribution in [1.29, 1.82) is 0 Å². The third kappa shape index (κ3) is 2.52. The summed E-state index contributed by atoms with van der Waals surface area (Å²) in [6.45, 7) is 5.62. The number of carbonyl (C=O) groups excluding carboxylic acids is 2. The Morgan fingerprint density at radius 2 is 2.17 bits per heavy atom. The van der Waals surface area contributed by atoms with Crippen molar-refractivity contribution >= 4 is 11.6 Å². The number of carbonyl (C=O) groups is 2. The standard InChI is InChI=1S/C25H28O4/c1-14(6-7-15(2)26)16-8-10-18-17(13-16)9-11-19-21(18)22-23(29-22)25(28)12-4-5-20(27)24(19,25)3/h4-8,10,13-14,19,21-23,28H,9,11-12H2,1-3H3/t14-,19-,21+,22+,23+,24+,25+/m1/s1. The van der Waals surface area contributed by atoms with Gasteiger partial charge in [0.05, 0.1) is 11.5 Å². The molecule has 1 saturated carbocycles. The largest absolute Gasteiger partial charge is 0.386 e. The number of hydrogen-bond donors (Lipinski definition) is 1. The van der Waals surface area contributed by atoms with Crippen molar-refractivity contribution in [3.63, 3.8) is 0 Å². The topological polar surface area (TPSA) is 66.9 Å². The first-order valence-corrected chi connectivity index (χ1v) is 10.7. The van der Waals surface area contributed by atoms with Crippen molar-refractivity contribution < 1.29 is 19.4 Å². The number of allylic oxidation sites excluding steroid dienone is 3. The molecule has 0 amide bonds. The summed E-state index contributed by atoms with van der Waals surface area (Å²) in [5.41, 5.74) is 1.90. The fourth-order valence-electron chi connectivity index (χ4n) is 6.24. The third-order valence-corrected chi connectivity index (χ3v) is 8.03. The van der Waals surface area contributed by atoms with Gasteiger partial charge >= 0.3 is 0 Å². The molecule has 0 radical (unpaired) electrons. The van der Waals surface area contributed by atoms with Crippen molar-refractivity contribution in [3.8, 4) is 0 Å². The molecule has 0 aromatic heterocycles. The van der Waals surface area contributed by atoms with Crippen LogP contribution in [0.5, 0.6) is 0 Å². The first-order chi connectivity index (χ1) is 13.8. The first-order valence-electron chi connectivity index (χ1n) is 10.7. The predicted molar refractivity (Wildman–Crippen MR) is 110 cm³/mol. The second kappa shape index (κ2) is 6.23. The lowest BCUT2D eigenvalue weighted by atomic mass is 9.48. The van der Waals surface area contributed by atoms with Gasteiger partial charge in [0.1, 0.15) is 11.7 Å². The number of epoxide rings is 1. The molecule has 1 saturated heterocycles. The molecule has 2 fully saturated rings. The molecule has 4 aliphatic rings. The molecule has 0 unspecified atom stereocenters. The molecular weight excluding hydrogens is 364 g/mol. The molecule has 4 heteroatoms. The van der Waals surface area contributed by atoms with Crippen LogP contribution in [0.2, 0.25) is 0 Å². The van der Waals surface area contributed by atoms with Gasteiger partial charge in [-0.05, 0) is 73.8 Å². The Morgan fingerprint density at radius 3 is 2.93 bits per heavy atom. The molecule has 5 rings (SSSR count). The number of ether oxygens (including phenoxy) is 1. The molecule has 4 nitrogen and oxygen atoms in total. The quantitative estimate of drug-likeness (QED) is 0.630. The molecule has 1 aromatic carbocycles. The van der Waals surface area contributed by atoms with E-state index in [4.69, 9.17) is 4.74 Å². The van der Waals surface area contributed by atoms with Gasteiger partial charge < -0.3 is 9.84 Å². The van der Waals surface area contributed by atoms with Gasteiger partial charge in [0, 0.05) is 5.92 Å². The highest BCUT2D eigenvalue weighted by Crippen LogP contribution is 2.66. The maximum absolute atomic E-state index is 13.0. The van der Waals surface area contributed by atoms with Crippen molar-refractivity contribution in [2.75, 3.05) is 0 Å². The molecule has 1 heterocycles. The van der Waals surface area contributed by atoms with Gasteiger partial charge in [0.15, 0.2) is 11.6 Å². The average Bonchev–Trinajstić information content (AvgIpc) is 3.50. The van der Waals surface area contributed by atoms with E-state index in [-0.39, 0.29) is 41.5 Å². The fourth-order valence-corrected chi connectivity index (χ4v) is 6.24. The predicted octanol–water partition coefficient (Wildman–Crippen LogP) is 3.63. The average molecular weight is 392 g/mol. The fraction of sp³-hybridized carbons (Fsp3) is 0.520. The molecule has 0 spiro atoms. The first kappa shape index (κ1) is 19.0. The second-order valence-corrected chi connectivity index (χ2v) is 9.51. The van der Waals surface area contributed by atoms with E-state index in [9.17, 15) is 14.7 Å². The van der Waals surface area contributed by atoms with E-state index in [0.29, 0.717) is 6.42 Å². The Bertz CT molecular complexity index is 960. The van der Waals surface area contributed by atoms with E-state index in [2.05, 4.69) is 25.1 Å². The maximum Gasteiger partial charge on any atom is 0.164 e. The number of hydrogen-bond acceptors (Lipinski definition) is 4. The van der Waals surface area contributed by atoms with Gasteiger partial charge in [-0.2, -0.15) is 0 Å². The number of ketones is 2. The van der Waals surface area contributed by atoms with Crippen LogP contribution < -0.4 is 0 Å². The lowest BCUT2D eigenvalue weighted by Gasteiger charge is -2.55. The number of rotatable bonds is 3. The summed E-state index contributed by atoms with van der Waals surface area (Å²) < 4.78 is 6.05. The molecular formula is C25H28O4. The highest BCUT2D eigenvalue weighted by atomic mass is 16.6. The normalized spacial score (nSPS) is 40.6. The Morgan fingerprint density at radius 1 is 1.38 bits per heavy atom. The minimum absolute atomic E-state index is 0.00249. The molecule has 29 heavy (non-hydrogen) atoms.